The second-order valence-electron chi connectivity index (χ2n) is 15.4. The quantitative estimate of drug-likeness (QED) is 0.0629. The van der Waals surface area contributed by atoms with Crippen LogP contribution in [0.5, 0.6) is 0 Å². The Morgan fingerprint density at radius 1 is 0.589 bits per heavy atom. The average molecular weight is 795 g/mol. The first-order valence-electron chi connectivity index (χ1n) is 20.1. The maximum atomic E-state index is 14.1. The SMILES string of the molecule is CCCC(=O)[C@H](CC)NC(=O)[C@H](CC1CCCCC1)NC(=O)[C@@H](NC(=O)[C@H](CC(C)C)NC(=O)[C@@H](CCC(=O)O)NC(=O)[C@H](CC(=O)O)NC(C)=O)[C@H](C)CC. The molecule has 0 heterocycles. The molecule has 0 spiro atoms. The van der Waals surface area contributed by atoms with Gasteiger partial charge in [-0.05, 0) is 49.9 Å². The second-order valence-corrected chi connectivity index (χ2v) is 15.4. The van der Waals surface area contributed by atoms with E-state index in [0.717, 1.165) is 39.0 Å². The maximum Gasteiger partial charge on any atom is 0.305 e. The number of hydrogen-bond donors (Lipinski definition) is 8. The Labute approximate surface area is 330 Å². The molecule has 0 aliphatic heterocycles. The lowest BCUT2D eigenvalue weighted by atomic mass is 9.84. The zero-order valence-electron chi connectivity index (χ0n) is 34.2. The molecule has 0 aromatic heterocycles. The highest BCUT2D eigenvalue weighted by molar-refractivity contribution is 5.97. The normalized spacial score (nSPS) is 16.8. The Kier molecular flexibility index (Phi) is 22.6. The third kappa shape index (κ3) is 18.4. The molecule has 17 nitrogen and oxygen atoms in total. The van der Waals surface area contributed by atoms with E-state index in [2.05, 4.69) is 31.9 Å². The zero-order chi connectivity index (χ0) is 42.5. The van der Waals surface area contributed by atoms with Crippen molar-refractivity contribution in [2.75, 3.05) is 0 Å². The van der Waals surface area contributed by atoms with Gasteiger partial charge in [0.05, 0.1) is 12.5 Å². The predicted molar refractivity (Wildman–Crippen MR) is 207 cm³/mol. The summed E-state index contributed by atoms with van der Waals surface area (Å²) in [5.74, 6) is -7.70. The van der Waals surface area contributed by atoms with Gasteiger partial charge in [0.15, 0.2) is 5.78 Å². The number of rotatable bonds is 26. The van der Waals surface area contributed by atoms with Crippen LogP contribution in [0.15, 0.2) is 0 Å². The fraction of sp³-hybridized carbons (Fsp3) is 0.769. The lowest BCUT2D eigenvalue weighted by Gasteiger charge is -2.31. The fourth-order valence-corrected chi connectivity index (χ4v) is 6.72. The molecule has 17 heteroatoms. The van der Waals surface area contributed by atoms with Crippen molar-refractivity contribution in [3.8, 4) is 0 Å². The van der Waals surface area contributed by atoms with Gasteiger partial charge in [0.2, 0.25) is 35.4 Å². The molecule has 1 aliphatic rings. The number of nitrogens with one attached hydrogen (secondary N) is 6. The lowest BCUT2D eigenvalue weighted by Crippen LogP contribution is -2.61. The Balaban J connectivity index is 3.37. The van der Waals surface area contributed by atoms with Crippen molar-refractivity contribution < 1.29 is 53.4 Å². The molecule has 6 amide bonds. The molecule has 1 saturated carbocycles. The Morgan fingerprint density at radius 2 is 1.12 bits per heavy atom. The van der Waals surface area contributed by atoms with Gasteiger partial charge in [-0.2, -0.15) is 0 Å². The van der Waals surface area contributed by atoms with Gasteiger partial charge in [0, 0.05) is 19.8 Å². The number of carbonyl (C=O) groups excluding carboxylic acids is 7. The number of carboxylic acids is 2. The van der Waals surface area contributed by atoms with Crippen LogP contribution >= 0.6 is 0 Å². The average Bonchev–Trinajstić information content (AvgIpc) is 3.12. The highest BCUT2D eigenvalue weighted by Crippen LogP contribution is 2.27. The van der Waals surface area contributed by atoms with E-state index in [1.807, 2.05) is 13.8 Å². The van der Waals surface area contributed by atoms with Gasteiger partial charge >= 0.3 is 11.9 Å². The molecule has 56 heavy (non-hydrogen) atoms. The Hall–Kier alpha value is -4.57. The summed E-state index contributed by atoms with van der Waals surface area (Å²) in [5, 5.41) is 34.1. The summed E-state index contributed by atoms with van der Waals surface area (Å²) in [5.41, 5.74) is 0. The topological polar surface area (TPSA) is 266 Å². The van der Waals surface area contributed by atoms with Crippen LogP contribution in [0.25, 0.3) is 0 Å². The van der Waals surface area contributed by atoms with Crippen LogP contribution in [0.3, 0.4) is 0 Å². The minimum atomic E-state index is -1.57. The zero-order valence-corrected chi connectivity index (χ0v) is 34.2. The number of carboxylic acid groups (broad SMARTS) is 2. The van der Waals surface area contributed by atoms with Crippen molar-refractivity contribution in [1.82, 2.24) is 31.9 Å². The molecule has 0 radical (unpaired) electrons. The summed E-state index contributed by atoms with van der Waals surface area (Å²) in [6, 6.07) is -7.16. The summed E-state index contributed by atoms with van der Waals surface area (Å²) in [7, 11) is 0. The summed E-state index contributed by atoms with van der Waals surface area (Å²) < 4.78 is 0. The molecule has 0 saturated heterocycles. The largest absolute Gasteiger partial charge is 0.481 e. The van der Waals surface area contributed by atoms with Gasteiger partial charge in [-0.3, -0.25) is 43.2 Å². The number of hydrogen-bond acceptors (Lipinski definition) is 9. The summed E-state index contributed by atoms with van der Waals surface area (Å²) in [4.78, 5) is 116. The number of carbonyl (C=O) groups is 9. The molecule has 318 valence electrons. The monoisotopic (exact) mass is 794 g/mol. The molecular weight excluding hydrogens is 728 g/mol. The van der Waals surface area contributed by atoms with Crippen LogP contribution in [-0.2, 0) is 43.2 Å². The van der Waals surface area contributed by atoms with Crippen LogP contribution in [0.1, 0.15) is 138 Å². The van der Waals surface area contributed by atoms with Gasteiger partial charge in [-0.15, -0.1) is 0 Å². The number of ketones is 1. The minimum Gasteiger partial charge on any atom is -0.481 e. The maximum absolute atomic E-state index is 14.1. The summed E-state index contributed by atoms with van der Waals surface area (Å²) in [6.45, 7) is 11.9. The van der Waals surface area contributed by atoms with Gasteiger partial charge in [-0.25, -0.2) is 0 Å². The fourth-order valence-electron chi connectivity index (χ4n) is 6.72. The third-order valence-electron chi connectivity index (χ3n) is 10.0. The van der Waals surface area contributed by atoms with Gasteiger partial charge in [-0.1, -0.05) is 80.1 Å². The smallest absolute Gasteiger partial charge is 0.305 e. The summed E-state index contributed by atoms with van der Waals surface area (Å²) in [6.07, 6.45) is 5.33. The van der Waals surface area contributed by atoms with E-state index in [-0.39, 0.29) is 24.0 Å². The highest BCUT2D eigenvalue weighted by atomic mass is 16.4. The van der Waals surface area contributed by atoms with Gasteiger partial charge in [0.25, 0.3) is 0 Å². The molecule has 1 aliphatic carbocycles. The molecular formula is C39H66N6O11. The van der Waals surface area contributed by atoms with Crippen molar-refractivity contribution in [3.05, 3.63) is 0 Å². The predicted octanol–water partition coefficient (Wildman–Crippen LogP) is 2.10. The van der Waals surface area contributed by atoms with E-state index in [1.54, 1.807) is 27.7 Å². The van der Waals surface area contributed by atoms with Crippen molar-refractivity contribution >= 4 is 53.2 Å². The van der Waals surface area contributed by atoms with E-state index >= 15 is 0 Å². The van der Waals surface area contributed by atoms with Crippen LogP contribution in [0.4, 0.5) is 0 Å². The van der Waals surface area contributed by atoms with Crippen molar-refractivity contribution in [1.29, 1.82) is 0 Å². The Bertz CT molecular complexity index is 1350. The van der Waals surface area contributed by atoms with E-state index in [4.69, 9.17) is 0 Å². The third-order valence-corrected chi connectivity index (χ3v) is 10.0. The molecule has 7 atom stereocenters. The molecule has 1 fully saturated rings. The van der Waals surface area contributed by atoms with Crippen molar-refractivity contribution in [2.45, 2.75) is 175 Å². The van der Waals surface area contributed by atoms with Gasteiger partial charge in [0.1, 0.15) is 30.2 Å². The first kappa shape index (κ1) is 49.4. The number of amides is 6. The van der Waals surface area contributed by atoms with Gasteiger partial charge < -0.3 is 42.1 Å². The number of aliphatic carboxylic acids is 2. The van der Waals surface area contributed by atoms with Crippen molar-refractivity contribution in [3.63, 3.8) is 0 Å². The first-order chi connectivity index (χ1) is 26.3. The van der Waals surface area contributed by atoms with Crippen LogP contribution in [0, 0.1) is 17.8 Å². The first-order valence-corrected chi connectivity index (χ1v) is 20.1. The summed E-state index contributed by atoms with van der Waals surface area (Å²) >= 11 is 0. The number of Topliss-reactive ketones (excluding diaryl/α,β-unsaturated/α-hetero) is 1. The standard InChI is InChI=1S/C39H66N6O11/c1-8-14-31(47)26(10-3)41-36(53)29(20-25-15-12-11-13-16-25)44-39(56)34(23(6)9-2)45-38(55)28(19-22(4)5)43-35(52)27(17-18-32(48)49)42-37(54)30(21-33(50)51)40-24(7)46/h22-23,25-30,34H,8-21H2,1-7H3,(H,40,46)(H,41,53)(H,42,54)(H,43,52)(H,44,56)(H,45,55)(H,48,49)(H,50,51)/t23-,26+,27-,28+,29+,30+,34+/m1/s1. The highest BCUT2D eigenvalue weighted by Gasteiger charge is 2.36. The molecule has 8 N–H and O–H groups in total. The lowest BCUT2D eigenvalue weighted by molar-refractivity contribution is -0.141. The Morgan fingerprint density at radius 3 is 1.64 bits per heavy atom. The molecule has 1 rings (SSSR count). The van der Waals surface area contributed by atoms with Crippen molar-refractivity contribution in [2.24, 2.45) is 17.8 Å². The molecule has 0 aromatic carbocycles. The van der Waals surface area contributed by atoms with Crippen LogP contribution in [-0.4, -0.2) is 99.6 Å². The molecule has 0 unspecified atom stereocenters. The van der Waals surface area contributed by atoms with E-state index in [9.17, 15) is 53.4 Å². The minimum absolute atomic E-state index is 0.0798. The molecule has 0 bridgehead atoms. The van der Waals surface area contributed by atoms with Crippen LogP contribution in [0.2, 0.25) is 0 Å². The van der Waals surface area contributed by atoms with E-state index < -0.39 is 109 Å². The van der Waals surface area contributed by atoms with E-state index in [1.165, 1.54) is 0 Å². The van der Waals surface area contributed by atoms with Crippen LogP contribution < -0.4 is 31.9 Å². The molecule has 0 aromatic rings. The van der Waals surface area contributed by atoms with E-state index in [0.29, 0.717) is 32.1 Å². The second kappa shape index (κ2) is 25.6.